The molecule has 0 spiro atoms. The molecule has 0 radical (unpaired) electrons. The predicted molar refractivity (Wildman–Crippen MR) is 44.2 cm³/mol. The number of hydrogen-bond acceptors (Lipinski definition) is 2. The molecule has 0 heterocycles. The van der Waals surface area contributed by atoms with E-state index in [1.54, 1.807) is 6.92 Å². The Morgan fingerprint density at radius 3 is 2.64 bits per heavy atom. The van der Waals surface area contributed by atoms with E-state index in [1.807, 2.05) is 19.9 Å². The second kappa shape index (κ2) is 2.61. The van der Waals surface area contributed by atoms with Crippen LogP contribution in [0.2, 0.25) is 0 Å². The van der Waals surface area contributed by atoms with Gasteiger partial charge in [0.25, 0.3) is 0 Å². The van der Waals surface area contributed by atoms with Crippen LogP contribution in [-0.4, -0.2) is 21.9 Å². The van der Waals surface area contributed by atoms with Crippen LogP contribution in [0.5, 0.6) is 0 Å². The van der Waals surface area contributed by atoms with Crippen molar-refractivity contribution in [3.8, 4) is 0 Å². The molecule has 0 unspecified atom stereocenters. The summed E-state index contributed by atoms with van der Waals surface area (Å²) in [5, 5.41) is 19.2. The van der Waals surface area contributed by atoms with Crippen LogP contribution in [0.3, 0.4) is 0 Å². The zero-order valence-electron chi connectivity index (χ0n) is 7.33. The molecule has 0 aromatic rings. The van der Waals surface area contributed by atoms with Gasteiger partial charge in [-0.25, -0.2) is 0 Å². The van der Waals surface area contributed by atoms with Gasteiger partial charge in [0, 0.05) is 5.92 Å². The fourth-order valence-electron chi connectivity index (χ4n) is 1.83. The summed E-state index contributed by atoms with van der Waals surface area (Å²) in [6, 6.07) is 0. The van der Waals surface area contributed by atoms with E-state index in [-0.39, 0.29) is 5.92 Å². The van der Waals surface area contributed by atoms with Gasteiger partial charge in [-0.15, -0.1) is 0 Å². The van der Waals surface area contributed by atoms with Gasteiger partial charge in [0.1, 0.15) is 0 Å². The largest absolute Gasteiger partial charge is 0.390 e. The lowest BCUT2D eigenvalue weighted by Crippen LogP contribution is -2.45. The first kappa shape index (κ1) is 8.75. The average Bonchev–Trinajstić information content (AvgIpc) is 1.81. The summed E-state index contributed by atoms with van der Waals surface area (Å²) < 4.78 is 0. The third-order valence-corrected chi connectivity index (χ3v) is 2.32. The standard InChI is InChI=1S/C9H16O2/c1-6-4-7(2)8(10)9(3,11)5-6/h4,7-8,10-11H,5H2,1-3H3/t7-,8+,9-/m0/s1. The molecule has 3 atom stereocenters. The van der Waals surface area contributed by atoms with Crippen LogP contribution in [0, 0.1) is 5.92 Å². The SMILES string of the molecule is CC1=C[C@H](C)[C@@H](O)[C@@](C)(O)C1. The van der Waals surface area contributed by atoms with Crippen molar-refractivity contribution in [1.82, 2.24) is 0 Å². The van der Waals surface area contributed by atoms with Crippen molar-refractivity contribution in [2.45, 2.75) is 38.9 Å². The van der Waals surface area contributed by atoms with Gasteiger partial charge in [-0.05, 0) is 20.3 Å². The normalized spacial score (nSPS) is 45.4. The zero-order valence-corrected chi connectivity index (χ0v) is 7.33. The highest BCUT2D eigenvalue weighted by atomic mass is 16.3. The predicted octanol–water partition coefficient (Wildman–Crippen LogP) is 1.08. The topological polar surface area (TPSA) is 40.5 Å². The molecule has 0 fully saturated rings. The van der Waals surface area contributed by atoms with Gasteiger partial charge in [-0.2, -0.15) is 0 Å². The van der Waals surface area contributed by atoms with Gasteiger partial charge in [-0.1, -0.05) is 18.6 Å². The zero-order chi connectivity index (χ0) is 8.65. The van der Waals surface area contributed by atoms with Crippen molar-refractivity contribution in [2.75, 3.05) is 0 Å². The first-order valence-electron chi connectivity index (χ1n) is 4.01. The van der Waals surface area contributed by atoms with Crippen molar-refractivity contribution in [3.05, 3.63) is 11.6 Å². The summed E-state index contributed by atoms with van der Waals surface area (Å²) in [7, 11) is 0. The molecule has 2 heteroatoms. The number of hydrogen-bond donors (Lipinski definition) is 2. The van der Waals surface area contributed by atoms with E-state index in [4.69, 9.17) is 0 Å². The van der Waals surface area contributed by atoms with Crippen LogP contribution in [0.25, 0.3) is 0 Å². The third kappa shape index (κ3) is 1.63. The Morgan fingerprint density at radius 2 is 2.18 bits per heavy atom. The number of rotatable bonds is 0. The molecule has 2 N–H and O–H groups in total. The monoisotopic (exact) mass is 156 g/mol. The molecule has 0 saturated heterocycles. The summed E-state index contributed by atoms with van der Waals surface area (Å²) >= 11 is 0. The minimum Gasteiger partial charge on any atom is -0.390 e. The van der Waals surface area contributed by atoms with E-state index in [0.717, 1.165) is 5.57 Å². The maximum Gasteiger partial charge on any atom is 0.0919 e. The van der Waals surface area contributed by atoms with Crippen LogP contribution in [-0.2, 0) is 0 Å². The second-order valence-corrected chi connectivity index (χ2v) is 3.85. The van der Waals surface area contributed by atoms with Crippen LogP contribution in [0.15, 0.2) is 11.6 Å². The molecular weight excluding hydrogens is 140 g/mol. The first-order chi connectivity index (χ1) is 4.93. The van der Waals surface area contributed by atoms with Gasteiger partial charge < -0.3 is 10.2 Å². The molecule has 1 aliphatic rings. The molecule has 1 rings (SSSR count). The molecule has 0 bridgehead atoms. The van der Waals surface area contributed by atoms with Crippen molar-refractivity contribution < 1.29 is 10.2 Å². The minimum atomic E-state index is -0.932. The lowest BCUT2D eigenvalue weighted by molar-refractivity contribution is -0.0825. The van der Waals surface area contributed by atoms with E-state index in [2.05, 4.69) is 0 Å². The Hall–Kier alpha value is -0.340. The summed E-state index contributed by atoms with van der Waals surface area (Å²) in [5.41, 5.74) is 0.228. The second-order valence-electron chi connectivity index (χ2n) is 3.85. The summed E-state index contributed by atoms with van der Waals surface area (Å²) in [5.74, 6) is 0.0683. The van der Waals surface area contributed by atoms with Gasteiger partial charge in [0.15, 0.2) is 0 Å². The van der Waals surface area contributed by atoms with Gasteiger partial charge in [-0.3, -0.25) is 0 Å². The summed E-state index contributed by atoms with van der Waals surface area (Å²) in [4.78, 5) is 0. The molecule has 0 saturated carbocycles. The van der Waals surface area contributed by atoms with E-state index in [1.165, 1.54) is 0 Å². The Kier molecular flexibility index (Phi) is 2.08. The van der Waals surface area contributed by atoms with Crippen molar-refractivity contribution in [2.24, 2.45) is 5.92 Å². The maximum atomic E-state index is 9.69. The molecule has 0 aliphatic heterocycles. The first-order valence-corrected chi connectivity index (χ1v) is 4.01. The highest BCUT2D eigenvalue weighted by molar-refractivity contribution is 5.13. The minimum absolute atomic E-state index is 0.0683. The number of aliphatic hydroxyl groups excluding tert-OH is 1. The quantitative estimate of drug-likeness (QED) is 0.515. The lowest BCUT2D eigenvalue weighted by Gasteiger charge is -2.36. The molecule has 11 heavy (non-hydrogen) atoms. The van der Waals surface area contributed by atoms with Crippen molar-refractivity contribution in [1.29, 1.82) is 0 Å². The molecule has 0 amide bonds. The fourth-order valence-corrected chi connectivity index (χ4v) is 1.83. The number of aliphatic hydroxyl groups is 2. The van der Waals surface area contributed by atoms with E-state index in [9.17, 15) is 10.2 Å². The van der Waals surface area contributed by atoms with Crippen LogP contribution in [0.4, 0.5) is 0 Å². The summed E-state index contributed by atoms with van der Waals surface area (Å²) in [6.45, 7) is 5.59. The van der Waals surface area contributed by atoms with E-state index >= 15 is 0 Å². The molecule has 2 nitrogen and oxygen atoms in total. The Balaban J connectivity index is 2.85. The average molecular weight is 156 g/mol. The van der Waals surface area contributed by atoms with Crippen molar-refractivity contribution in [3.63, 3.8) is 0 Å². The van der Waals surface area contributed by atoms with Crippen LogP contribution in [0.1, 0.15) is 27.2 Å². The van der Waals surface area contributed by atoms with E-state index in [0.29, 0.717) is 6.42 Å². The molecule has 1 aliphatic carbocycles. The van der Waals surface area contributed by atoms with Gasteiger partial charge in [0.2, 0.25) is 0 Å². The Bertz CT molecular complexity index is 182. The highest BCUT2D eigenvalue weighted by Crippen LogP contribution is 2.31. The Morgan fingerprint density at radius 1 is 1.64 bits per heavy atom. The smallest absolute Gasteiger partial charge is 0.0919 e. The molecule has 0 aromatic heterocycles. The molecular formula is C9H16O2. The summed E-state index contributed by atoms with van der Waals surface area (Å²) in [6.07, 6.45) is 1.98. The van der Waals surface area contributed by atoms with E-state index < -0.39 is 11.7 Å². The maximum absolute atomic E-state index is 9.69. The van der Waals surface area contributed by atoms with Crippen LogP contribution >= 0.6 is 0 Å². The van der Waals surface area contributed by atoms with Crippen LogP contribution < -0.4 is 0 Å². The molecule has 0 aromatic carbocycles. The third-order valence-electron chi connectivity index (χ3n) is 2.32. The van der Waals surface area contributed by atoms with Gasteiger partial charge >= 0.3 is 0 Å². The van der Waals surface area contributed by atoms with Gasteiger partial charge in [0.05, 0.1) is 11.7 Å². The lowest BCUT2D eigenvalue weighted by atomic mass is 9.79. The fraction of sp³-hybridized carbons (Fsp3) is 0.778. The highest BCUT2D eigenvalue weighted by Gasteiger charge is 2.36. The molecule has 64 valence electrons. The van der Waals surface area contributed by atoms with Crippen molar-refractivity contribution >= 4 is 0 Å². The Labute approximate surface area is 67.6 Å².